The molecule has 0 aromatic rings. The molecule has 0 aliphatic carbocycles. The fourth-order valence-electron chi connectivity index (χ4n) is 2.49. The Labute approximate surface area is 120 Å². The lowest BCUT2D eigenvalue weighted by Crippen LogP contribution is -2.51. The first-order valence-electron chi connectivity index (χ1n) is 7.19. The molecule has 0 bridgehead atoms. The van der Waals surface area contributed by atoms with Gasteiger partial charge < -0.3 is 14.9 Å². The van der Waals surface area contributed by atoms with E-state index < -0.39 is 12.0 Å². The summed E-state index contributed by atoms with van der Waals surface area (Å²) in [6.45, 7) is 4.90. The van der Waals surface area contributed by atoms with E-state index >= 15 is 0 Å². The summed E-state index contributed by atoms with van der Waals surface area (Å²) in [5.41, 5.74) is 0. The SMILES string of the molecule is CCN(CC(C)C#N)C(=O)N1CCCCCC1C(=O)O. The number of amides is 2. The number of hydrogen-bond acceptors (Lipinski definition) is 3. The van der Waals surface area contributed by atoms with E-state index in [9.17, 15) is 14.7 Å². The summed E-state index contributed by atoms with van der Waals surface area (Å²) in [7, 11) is 0. The van der Waals surface area contributed by atoms with Crippen LogP contribution in [0.25, 0.3) is 0 Å². The van der Waals surface area contributed by atoms with Crippen molar-refractivity contribution in [3.8, 4) is 6.07 Å². The smallest absolute Gasteiger partial charge is 0.326 e. The highest BCUT2D eigenvalue weighted by Gasteiger charge is 2.33. The molecule has 2 atom stereocenters. The first-order chi connectivity index (χ1) is 9.51. The summed E-state index contributed by atoms with van der Waals surface area (Å²) < 4.78 is 0. The Hall–Kier alpha value is -1.77. The van der Waals surface area contributed by atoms with Crippen LogP contribution in [0.4, 0.5) is 4.79 Å². The molecule has 1 fully saturated rings. The summed E-state index contributed by atoms with van der Waals surface area (Å²) >= 11 is 0. The molecule has 0 saturated carbocycles. The van der Waals surface area contributed by atoms with E-state index in [2.05, 4.69) is 6.07 Å². The standard InChI is InChI=1S/C14H23N3O3/c1-3-16(10-11(2)9-15)14(20)17-8-6-4-5-7-12(17)13(18)19/h11-12H,3-8,10H2,1-2H3,(H,18,19). The fraction of sp³-hybridized carbons (Fsp3) is 0.786. The summed E-state index contributed by atoms with van der Waals surface area (Å²) in [4.78, 5) is 26.9. The molecule has 1 aliphatic rings. The van der Waals surface area contributed by atoms with Crippen molar-refractivity contribution in [1.82, 2.24) is 9.80 Å². The molecule has 1 saturated heterocycles. The van der Waals surface area contributed by atoms with E-state index in [1.165, 1.54) is 4.90 Å². The van der Waals surface area contributed by atoms with Gasteiger partial charge in [-0.05, 0) is 26.7 Å². The predicted molar refractivity (Wildman–Crippen MR) is 74.0 cm³/mol. The first-order valence-corrected chi connectivity index (χ1v) is 7.19. The molecule has 2 unspecified atom stereocenters. The van der Waals surface area contributed by atoms with Gasteiger partial charge in [-0.2, -0.15) is 5.26 Å². The monoisotopic (exact) mass is 281 g/mol. The van der Waals surface area contributed by atoms with Gasteiger partial charge in [0.25, 0.3) is 0 Å². The van der Waals surface area contributed by atoms with Crippen LogP contribution >= 0.6 is 0 Å². The summed E-state index contributed by atoms with van der Waals surface area (Å²) in [6.07, 6.45) is 3.13. The van der Waals surface area contributed by atoms with Gasteiger partial charge in [-0.25, -0.2) is 9.59 Å². The number of carbonyl (C=O) groups is 2. The Balaban J connectivity index is 2.83. The molecule has 1 rings (SSSR count). The third-order valence-corrected chi connectivity index (χ3v) is 3.65. The Morgan fingerprint density at radius 3 is 2.70 bits per heavy atom. The average Bonchev–Trinajstić information content (AvgIpc) is 2.69. The second kappa shape index (κ2) is 7.73. The lowest BCUT2D eigenvalue weighted by atomic mass is 10.1. The predicted octanol–water partition coefficient (Wildman–Crippen LogP) is 1.92. The Morgan fingerprint density at radius 2 is 2.15 bits per heavy atom. The highest BCUT2D eigenvalue weighted by Crippen LogP contribution is 2.19. The molecule has 112 valence electrons. The molecule has 1 N–H and O–H groups in total. The zero-order chi connectivity index (χ0) is 15.1. The fourth-order valence-corrected chi connectivity index (χ4v) is 2.49. The lowest BCUT2D eigenvalue weighted by Gasteiger charge is -2.33. The summed E-state index contributed by atoms with van der Waals surface area (Å²) in [6, 6.07) is 1.11. The zero-order valence-electron chi connectivity index (χ0n) is 12.2. The van der Waals surface area contributed by atoms with Gasteiger partial charge >= 0.3 is 12.0 Å². The number of rotatable bonds is 4. The molecular formula is C14H23N3O3. The van der Waals surface area contributed by atoms with E-state index in [1.54, 1.807) is 11.8 Å². The van der Waals surface area contributed by atoms with Crippen molar-refractivity contribution in [3.05, 3.63) is 0 Å². The summed E-state index contributed by atoms with van der Waals surface area (Å²) in [5.74, 6) is -1.20. The lowest BCUT2D eigenvalue weighted by molar-refractivity contribution is -0.142. The number of likely N-dealkylation sites (tertiary alicyclic amines) is 1. The quantitative estimate of drug-likeness (QED) is 0.853. The maximum atomic E-state index is 12.5. The number of carbonyl (C=O) groups excluding carboxylic acids is 1. The van der Waals surface area contributed by atoms with Crippen molar-refractivity contribution in [3.63, 3.8) is 0 Å². The number of hydrogen-bond donors (Lipinski definition) is 1. The Bertz CT molecular complexity index is 392. The second-order valence-corrected chi connectivity index (χ2v) is 5.25. The maximum Gasteiger partial charge on any atom is 0.326 e. The van der Waals surface area contributed by atoms with Crippen LogP contribution in [0.5, 0.6) is 0 Å². The number of urea groups is 1. The summed E-state index contributed by atoms with van der Waals surface area (Å²) in [5, 5.41) is 18.2. The zero-order valence-corrected chi connectivity index (χ0v) is 12.2. The van der Waals surface area contributed by atoms with Crippen molar-refractivity contribution in [1.29, 1.82) is 5.26 Å². The first kappa shape index (κ1) is 16.3. The van der Waals surface area contributed by atoms with E-state index in [4.69, 9.17) is 5.26 Å². The van der Waals surface area contributed by atoms with Gasteiger partial charge in [0.2, 0.25) is 0 Å². The minimum absolute atomic E-state index is 0.255. The number of nitriles is 1. The van der Waals surface area contributed by atoms with E-state index in [1.807, 2.05) is 6.92 Å². The third-order valence-electron chi connectivity index (χ3n) is 3.65. The Morgan fingerprint density at radius 1 is 1.45 bits per heavy atom. The minimum Gasteiger partial charge on any atom is -0.480 e. The second-order valence-electron chi connectivity index (χ2n) is 5.25. The highest BCUT2D eigenvalue weighted by atomic mass is 16.4. The molecule has 2 amide bonds. The van der Waals surface area contributed by atoms with Gasteiger partial charge in [0.1, 0.15) is 6.04 Å². The van der Waals surface area contributed by atoms with Gasteiger partial charge in [0.15, 0.2) is 0 Å². The molecule has 0 aromatic carbocycles. The molecule has 1 heterocycles. The van der Waals surface area contributed by atoms with E-state index in [-0.39, 0.29) is 11.9 Å². The minimum atomic E-state index is -0.940. The normalized spacial score (nSPS) is 20.6. The van der Waals surface area contributed by atoms with Gasteiger partial charge in [-0.15, -0.1) is 0 Å². The average molecular weight is 281 g/mol. The van der Waals surface area contributed by atoms with Crippen LogP contribution in [0.3, 0.4) is 0 Å². The molecule has 1 aliphatic heterocycles. The molecule has 6 heteroatoms. The molecule has 6 nitrogen and oxygen atoms in total. The van der Waals surface area contributed by atoms with Crippen LogP contribution in [0, 0.1) is 17.2 Å². The van der Waals surface area contributed by atoms with E-state index in [0.29, 0.717) is 26.1 Å². The van der Waals surface area contributed by atoms with Crippen molar-refractivity contribution >= 4 is 12.0 Å². The van der Waals surface area contributed by atoms with Crippen LogP contribution in [0.1, 0.15) is 39.5 Å². The van der Waals surface area contributed by atoms with E-state index in [0.717, 1.165) is 19.3 Å². The molecule has 0 radical (unpaired) electrons. The topological polar surface area (TPSA) is 84.6 Å². The van der Waals surface area contributed by atoms with Gasteiger partial charge in [-0.1, -0.05) is 12.8 Å². The van der Waals surface area contributed by atoms with Crippen LogP contribution in [0.15, 0.2) is 0 Å². The van der Waals surface area contributed by atoms with Crippen LogP contribution in [-0.4, -0.2) is 52.6 Å². The molecular weight excluding hydrogens is 258 g/mol. The van der Waals surface area contributed by atoms with Gasteiger partial charge in [0, 0.05) is 19.6 Å². The largest absolute Gasteiger partial charge is 0.480 e. The van der Waals surface area contributed by atoms with Gasteiger partial charge in [0.05, 0.1) is 12.0 Å². The number of carboxylic acids is 1. The van der Waals surface area contributed by atoms with Crippen LogP contribution in [-0.2, 0) is 4.79 Å². The Kier molecular flexibility index (Phi) is 6.29. The van der Waals surface area contributed by atoms with Crippen molar-refractivity contribution in [2.75, 3.05) is 19.6 Å². The molecule has 0 spiro atoms. The van der Waals surface area contributed by atoms with Gasteiger partial charge in [-0.3, -0.25) is 0 Å². The molecule has 20 heavy (non-hydrogen) atoms. The van der Waals surface area contributed by atoms with Crippen molar-refractivity contribution in [2.24, 2.45) is 5.92 Å². The number of nitrogens with zero attached hydrogens (tertiary/aromatic N) is 3. The third kappa shape index (κ3) is 4.12. The number of aliphatic carboxylic acids is 1. The highest BCUT2D eigenvalue weighted by molar-refractivity contribution is 5.82. The van der Waals surface area contributed by atoms with Crippen molar-refractivity contribution < 1.29 is 14.7 Å². The molecule has 0 aromatic heterocycles. The van der Waals surface area contributed by atoms with Crippen LogP contribution < -0.4 is 0 Å². The maximum absolute atomic E-state index is 12.5. The van der Waals surface area contributed by atoms with Crippen LogP contribution in [0.2, 0.25) is 0 Å². The van der Waals surface area contributed by atoms with Crippen molar-refractivity contribution in [2.45, 2.75) is 45.6 Å². The number of carboxylic acid groups (broad SMARTS) is 1.